The minimum absolute atomic E-state index is 0.165. The van der Waals surface area contributed by atoms with E-state index < -0.39 is 4.92 Å². The number of anilines is 1. The van der Waals surface area contributed by atoms with Gasteiger partial charge in [0.2, 0.25) is 5.91 Å². The number of rotatable bonds is 7. The van der Waals surface area contributed by atoms with E-state index in [1.54, 1.807) is 6.07 Å². The minimum Gasteiger partial charge on any atom is -0.490 e. The normalized spacial score (nSPS) is 13.8. The lowest BCUT2D eigenvalue weighted by Crippen LogP contribution is -2.23. The Morgan fingerprint density at radius 1 is 1.50 bits per heavy atom. The van der Waals surface area contributed by atoms with E-state index in [1.807, 2.05) is 0 Å². The standard InChI is InChI=1S/C13H17N3O4/c1-20-12-5-4-10(8-11(12)16(18)19)15-13(17)6-7-14-9-2-3-9/h4-5,8-9,14H,2-3,6-7H2,1H3,(H,15,17). The summed E-state index contributed by atoms with van der Waals surface area (Å²) < 4.78 is 4.90. The van der Waals surface area contributed by atoms with E-state index in [0.717, 1.165) is 0 Å². The van der Waals surface area contributed by atoms with E-state index >= 15 is 0 Å². The fraction of sp³-hybridized carbons (Fsp3) is 0.462. The van der Waals surface area contributed by atoms with Crippen molar-refractivity contribution in [3.05, 3.63) is 28.3 Å². The quantitative estimate of drug-likeness (QED) is 0.585. The minimum atomic E-state index is -0.539. The third-order valence-corrected chi connectivity index (χ3v) is 3.02. The van der Waals surface area contributed by atoms with Crippen molar-refractivity contribution >= 4 is 17.3 Å². The van der Waals surface area contributed by atoms with Crippen LogP contribution in [-0.4, -0.2) is 30.5 Å². The van der Waals surface area contributed by atoms with Gasteiger partial charge in [0, 0.05) is 30.8 Å². The van der Waals surface area contributed by atoms with E-state index in [1.165, 1.54) is 32.1 Å². The lowest BCUT2D eigenvalue weighted by atomic mass is 10.2. The molecule has 0 aromatic heterocycles. The van der Waals surface area contributed by atoms with Crippen molar-refractivity contribution in [3.63, 3.8) is 0 Å². The summed E-state index contributed by atoms with van der Waals surface area (Å²) in [5, 5.41) is 16.8. The maximum Gasteiger partial charge on any atom is 0.312 e. The molecule has 0 bridgehead atoms. The average molecular weight is 279 g/mol. The van der Waals surface area contributed by atoms with Gasteiger partial charge < -0.3 is 15.4 Å². The molecule has 20 heavy (non-hydrogen) atoms. The van der Waals surface area contributed by atoms with Gasteiger partial charge in [-0.15, -0.1) is 0 Å². The van der Waals surface area contributed by atoms with Crippen LogP contribution in [0.5, 0.6) is 5.75 Å². The third-order valence-electron chi connectivity index (χ3n) is 3.02. The summed E-state index contributed by atoms with van der Waals surface area (Å²) in [6.45, 7) is 0.620. The topological polar surface area (TPSA) is 93.5 Å². The molecule has 1 aromatic rings. The Bertz CT molecular complexity index is 514. The van der Waals surface area contributed by atoms with Crippen LogP contribution in [0.15, 0.2) is 18.2 Å². The van der Waals surface area contributed by atoms with Crippen LogP contribution in [0.1, 0.15) is 19.3 Å². The molecule has 0 heterocycles. The van der Waals surface area contributed by atoms with Crippen LogP contribution in [0.3, 0.4) is 0 Å². The van der Waals surface area contributed by atoms with Gasteiger partial charge in [0.25, 0.3) is 0 Å². The van der Waals surface area contributed by atoms with Crippen LogP contribution in [0.2, 0.25) is 0 Å². The maximum atomic E-state index is 11.7. The monoisotopic (exact) mass is 279 g/mol. The molecule has 2 N–H and O–H groups in total. The van der Waals surface area contributed by atoms with Crippen LogP contribution >= 0.6 is 0 Å². The molecule has 0 spiro atoms. The van der Waals surface area contributed by atoms with Crippen molar-refractivity contribution in [2.75, 3.05) is 19.0 Å². The first-order valence-corrected chi connectivity index (χ1v) is 6.46. The highest BCUT2D eigenvalue weighted by molar-refractivity contribution is 5.91. The molecule has 1 aliphatic carbocycles. The molecule has 1 aliphatic rings. The molecular weight excluding hydrogens is 262 g/mol. The number of nitro groups is 1. The molecule has 108 valence electrons. The second-order valence-electron chi connectivity index (χ2n) is 4.67. The number of amides is 1. The van der Waals surface area contributed by atoms with Gasteiger partial charge in [-0.05, 0) is 25.0 Å². The first-order chi connectivity index (χ1) is 9.60. The summed E-state index contributed by atoms with van der Waals surface area (Å²) >= 11 is 0. The van der Waals surface area contributed by atoms with Crippen LogP contribution in [0.4, 0.5) is 11.4 Å². The number of carbonyl (C=O) groups is 1. The second kappa shape index (κ2) is 6.33. The average Bonchev–Trinajstić information content (AvgIpc) is 3.22. The molecule has 7 heteroatoms. The summed E-state index contributed by atoms with van der Waals surface area (Å²) in [4.78, 5) is 22.0. The van der Waals surface area contributed by atoms with E-state index in [0.29, 0.717) is 24.7 Å². The van der Waals surface area contributed by atoms with Gasteiger partial charge in [-0.25, -0.2) is 0 Å². The molecule has 0 atom stereocenters. The number of ether oxygens (including phenoxy) is 1. The van der Waals surface area contributed by atoms with Gasteiger partial charge in [-0.2, -0.15) is 0 Å². The lowest BCUT2D eigenvalue weighted by Gasteiger charge is -2.07. The Morgan fingerprint density at radius 2 is 2.25 bits per heavy atom. The fourth-order valence-corrected chi connectivity index (χ4v) is 1.81. The molecule has 1 saturated carbocycles. The summed E-state index contributed by atoms with van der Waals surface area (Å²) in [5.74, 6) is 0.000939. The van der Waals surface area contributed by atoms with E-state index in [9.17, 15) is 14.9 Å². The Morgan fingerprint density at radius 3 is 2.85 bits per heavy atom. The highest BCUT2D eigenvalue weighted by Gasteiger charge is 2.20. The van der Waals surface area contributed by atoms with Gasteiger partial charge in [-0.3, -0.25) is 14.9 Å². The van der Waals surface area contributed by atoms with Gasteiger partial charge in [0.1, 0.15) is 0 Å². The van der Waals surface area contributed by atoms with Crippen molar-refractivity contribution in [2.45, 2.75) is 25.3 Å². The lowest BCUT2D eigenvalue weighted by molar-refractivity contribution is -0.385. The Kier molecular flexibility index (Phi) is 4.52. The smallest absolute Gasteiger partial charge is 0.312 e. The van der Waals surface area contributed by atoms with Gasteiger partial charge in [0.05, 0.1) is 12.0 Å². The molecule has 0 unspecified atom stereocenters. The van der Waals surface area contributed by atoms with Crippen molar-refractivity contribution in [2.24, 2.45) is 0 Å². The number of nitrogens with one attached hydrogen (secondary N) is 2. The van der Waals surface area contributed by atoms with Gasteiger partial charge >= 0.3 is 5.69 Å². The zero-order valence-electron chi connectivity index (χ0n) is 11.2. The Balaban J connectivity index is 1.92. The molecule has 1 amide bonds. The van der Waals surface area contributed by atoms with Crippen molar-refractivity contribution in [1.82, 2.24) is 5.32 Å². The number of nitrogens with zero attached hydrogens (tertiary/aromatic N) is 1. The first kappa shape index (κ1) is 14.3. The number of methoxy groups -OCH3 is 1. The molecule has 2 rings (SSSR count). The largest absolute Gasteiger partial charge is 0.490 e. The zero-order chi connectivity index (χ0) is 14.5. The third kappa shape index (κ3) is 3.92. The number of carbonyl (C=O) groups excluding carboxylic acids is 1. The summed E-state index contributed by atoms with van der Waals surface area (Å²) in [6, 6.07) is 4.91. The van der Waals surface area contributed by atoms with Crippen LogP contribution < -0.4 is 15.4 Å². The number of benzene rings is 1. The second-order valence-corrected chi connectivity index (χ2v) is 4.67. The van der Waals surface area contributed by atoms with Crippen LogP contribution in [0.25, 0.3) is 0 Å². The molecular formula is C13H17N3O4. The summed E-state index contributed by atoms with van der Waals surface area (Å²) in [6.07, 6.45) is 2.69. The molecule has 0 aliphatic heterocycles. The van der Waals surface area contributed by atoms with Crippen LogP contribution in [-0.2, 0) is 4.79 Å². The highest BCUT2D eigenvalue weighted by atomic mass is 16.6. The molecule has 1 aromatic carbocycles. The first-order valence-electron chi connectivity index (χ1n) is 6.46. The van der Waals surface area contributed by atoms with E-state index in [-0.39, 0.29) is 17.3 Å². The summed E-state index contributed by atoms with van der Waals surface area (Å²) in [7, 11) is 1.37. The number of nitro benzene ring substituents is 1. The van der Waals surface area contributed by atoms with E-state index in [2.05, 4.69) is 10.6 Å². The molecule has 0 saturated heterocycles. The van der Waals surface area contributed by atoms with Gasteiger partial charge in [-0.1, -0.05) is 0 Å². The molecule has 1 fully saturated rings. The fourth-order valence-electron chi connectivity index (χ4n) is 1.81. The van der Waals surface area contributed by atoms with Crippen molar-refractivity contribution in [1.29, 1.82) is 0 Å². The predicted molar refractivity (Wildman–Crippen MR) is 73.9 cm³/mol. The predicted octanol–water partition coefficient (Wildman–Crippen LogP) is 1.68. The maximum absolute atomic E-state index is 11.7. The van der Waals surface area contributed by atoms with Gasteiger partial charge in [0.15, 0.2) is 5.75 Å². The number of hydrogen-bond donors (Lipinski definition) is 2. The number of hydrogen-bond acceptors (Lipinski definition) is 5. The van der Waals surface area contributed by atoms with E-state index in [4.69, 9.17) is 4.74 Å². The molecule has 7 nitrogen and oxygen atoms in total. The van der Waals surface area contributed by atoms with Crippen LogP contribution in [0, 0.1) is 10.1 Å². The van der Waals surface area contributed by atoms with Crippen molar-refractivity contribution in [3.8, 4) is 5.75 Å². The SMILES string of the molecule is COc1ccc(NC(=O)CCNC2CC2)cc1[N+](=O)[O-]. The Labute approximate surface area is 116 Å². The zero-order valence-corrected chi connectivity index (χ0v) is 11.2. The summed E-state index contributed by atoms with van der Waals surface area (Å²) in [5.41, 5.74) is 0.232. The molecule has 0 radical (unpaired) electrons. The van der Waals surface area contributed by atoms with Crippen molar-refractivity contribution < 1.29 is 14.5 Å². The Hall–Kier alpha value is -2.15. The highest BCUT2D eigenvalue weighted by Crippen LogP contribution is 2.29.